The van der Waals surface area contributed by atoms with Crippen LogP contribution in [0, 0.1) is 0 Å². The van der Waals surface area contributed by atoms with Crippen LogP contribution in [0.4, 0.5) is 16.4 Å². The van der Waals surface area contributed by atoms with Gasteiger partial charge in [-0.3, -0.25) is 4.90 Å². The molecule has 1 aromatic heterocycles. The number of rotatable bonds is 5. The van der Waals surface area contributed by atoms with Crippen LogP contribution in [0.1, 0.15) is 43.8 Å². The number of para-hydroxylation sites is 2. The number of benzene rings is 1. The Balaban J connectivity index is 1.68. The van der Waals surface area contributed by atoms with E-state index in [0.717, 1.165) is 72.2 Å². The highest BCUT2D eigenvalue weighted by molar-refractivity contribution is 7.16. The molecule has 1 fully saturated rings. The molecule has 0 radical (unpaired) electrons. The maximum Gasteiger partial charge on any atom is 0.158 e. The summed E-state index contributed by atoms with van der Waals surface area (Å²) in [6.45, 7) is 10.9. The van der Waals surface area contributed by atoms with Gasteiger partial charge in [0.2, 0.25) is 0 Å². The first kappa shape index (κ1) is 20.3. The monoisotopic (exact) mass is 413 g/mol. The number of amidine groups is 1. The highest BCUT2D eigenvalue weighted by Gasteiger charge is 2.31. The molecule has 29 heavy (non-hydrogen) atoms. The SMILES string of the molecule is CCOCC[C@H]1CN(C2=Nc3ccccc3Nc3sc(C(C)C)nc32)CCN1C. The molecular weight excluding hydrogens is 382 g/mol. The van der Waals surface area contributed by atoms with Crippen LogP contribution >= 0.6 is 11.3 Å². The molecular formula is C22H31N5OS. The van der Waals surface area contributed by atoms with Crippen LogP contribution in [0.2, 0.25) is 0 Å². The molecule has 7 heteroatoms. The highest BCUT2D eigenvalue weighted by Crippen LogP contribution is 2.39. The normalized spacial score (nSPS) is 19.4. The van der Waals surface area contributed by atoms with Crippen LogP contribution in [0.25, 0.3) is 0 Å². The Hall–Kier alpha value is -1.96. The molecule has 1 N–H and O–H groups in total. The van der Waals surface area contributed by atoms with Crippen molar-refractivity contribution in [3.63, 3.8) is 0 Å². The molecule has 2 aliphatic rings. The fraction of sp³-hybridized carbons (Fsp3) is 0.545. The van der Waals surface area contributed by atoms with Gasteiger partial charge in [-0.2, -0.15) is 0 Å². The standard InChI is InChI=1S/C22H31N5OS/c1-5-28-13-10-16-14-27(12-11-26(16)4)20-19-22(29-21(25-19)15(2)3)24-18-9-7-6-8-17(18)23-20/h6-9,15-16,24H,5,10-14H2,1-4H3/t16-/m0/s1. The summed E-state index contributed by atoms with van der Waals surface area (Å²) in [5.74, 6) is 1.40. The van der Waals surface area contributed by atoms with E-state index < -0.39 is 0 Å². The fourth-order valence-electron chi connectivity index (χ4n) is 3.82. The number of nitrogens with zero attached hydrogens (tertiary/aromatic N) is 4. The van der Waals surface area contributed by atoms with Gasteiger partial charge in [-0.05, 0) is 32.5 Å². The van der Waals surface area contributed by atoms with Crippen LogP contribution in [0.3, 0.4) is 0 Å². The van der Waals surface area contributed by atoms with Gasteiger partial charge in [0.05, 0.1) is 16.4 Å². The molecule has 0 saturated carbocycles. The third kappa shape index (κ3) is 4.32. The van der Waals surface area contributed by atoms with Gasteiger partial charge in [0.15, 0.2) is 5.84 Å². The lowest BCUT2D eigenvalue weighted by molar-refractivity contribution is 0.0843. The number of nitrogens with one attached hydrogen (secondary N) is 1. The van der Waals surface area contributed by atoms with Crippen molar-refractivity contribution in [1.29, 1.82) is 0 Å². The Labute approximate surface area is 177 Å². The molecule has 2 aromatic rings. The average Bonchev–Trinajstić information content (AvgIpc) is 3.06. The lowest BCUT2D eigenvalue weighted by atomic mass is 10.1. The summed E-state index contributed by atoms with van der Waals surface area (Å²) < 4.78 is 5.62. The summed E-state index contributed by atoms with van der Waals surface area (Å²) in [7, 11) is 2.21. The van der Waals surface area contributed by atoms with Crippen molar-refractivity contribution in [3.8, 4) is 0 Å². The molecule has 156 valence electrons. The number of likely N-dealkylation sites (N-methyl/N-ethyl adjacent to an activating group) is 1. The largest absolute Gasteiger partial charge is 0.382 e. The van der Waals surface area contributed by atoms with Gasteiger partial charge < -0.3 is 15.0 Å². The molecule has 1 atom stereocenters. The zero-order valence-corrected chi connectivity index (χ0v) is 18.6. The minimum atomic E-state index is 0.400. The average molecular weight is 414 g/mol. The molecule has 3 heterocycles. The predicted octanol–water partition coefficient (Wildman–Crippen LogP) is 4.44. The summed E-state index contributed by atoms with van der Waals surface area (Å²) >= 11 is 1.75. The maximum absolute atomic E-state index is 5.62. The second kappa shape index (κ2) is 8.81. The van der Waals surface area contributed by atoms with E-state index in [1.807, 2.05) is 6.07 Å². The van der Waals surface area contributed by atoms with Gasteiger partial charge in [-0.1, -0.05) is 26.0 Å². The van der Waals surface area contributed by atoms with Crippen LogP contribution < -0.4 is 5.32 Å². The Morgan fingerprint density at radius 3 is 2.90 bits per heavy atom. The summed E-state index contributed by atoms with van der Waals surface area (Å²) in [5.41, 5.74) is 3.01. The van der Waals surface area contributed by atoms with E-state index >= 15 is 0 Å². The number of anilines is 2. The second-order valence-electron chi connectivity index (χ2n) is 8.03. The highest BCUT2D eigenvalue weighted by atomic mass is 32.1. The topological polar surface area (TPSA) is 53.0 Å². The first-order valence-corrected chi connectivity index (χ1v) is 11.4. The number of fused-ring (bicyclic) bond motifs is 2. The smallest absolute Gasteiger partial charge is 0.158 e. The van der Waals surface area contributed by atoms with Crippen molar-refractivity contribution < 1.29 is 4.74 Å². The predicted molar refractivity (Wildman–Crippen MR) is 121 cm³/mol. The Bertz CT molecular complexity index is 878. The zero-order chi connectivity index (χ0) is 20.4. The lowest BCUT2D eigenvalue weighted by Crippen LogP contribution is -2.53. The molecule has 0 unspecified atom stereocenters. The van der Waals surface area contributed by atoms with Crippen molar-refractivity contribution in [2.75, 3.05) is 45.2 Å². The van der Waals surface area contributed by atoms with Gasteiger partial charge in [0, 0.05) is 44.8 Å². The van der Waals surface area contributed by atoms with Crippen molar-refractivity contribution in [3.05, 3.63) is 35.0 Å². The lowest BCUT2D eigenvalue weighted by Gasteiger charge is -2.40. The minimum absolute atomic E-state index is 0.400. The summed E-state index contributed by atoms with van der Waals surface area (Å²) in [6.07, 6.45) is 1.03. The number of piperazine rings is 1. The van der Waals surface area contributed by atoms with Crippen LogP contribution in [-0.2, 0) is 4.74 Å². The molecule has 0 spiro atoms. The van der Waals surface area contributed by atoms with E-state index in [0.29, 0.717) is 12.0 Å². The quantitative estimate of drug-likeness (QED) is 0.734. The Morgan fingerprint density at radius 1 is 1.28 bits per heavy atom. The molecule has 1 aromatic carbocycles. The van der Waals surface area contributed by atoms with E-state index in [-0.39, 0.29) is 0 Å². The zero-order valence-electron chi connectivity index (χ0n) is 17.8. The van der Waals surface area contributed by atoms with Gasteiger partial charge in [0.25, 0.3) is 0 Å². The molecule has 0 bridgehead atoms. The van der Waals surface area contributed by atoms with Crippen LogP contribution in [0.5, 0.6) is 0 Å². The van der Waals surface area contributed by atoms with Crippen LogP contribution in [-0.4, -0.2) is 66.6 Å². The Kier molecular flexibility index (Phi) is 6.18. The number of aliphatic imine (C=N–C) groups is 1. The molecule has 6 nitrogen and oxygen atoms in total. The van der Waals surface area contributed by atoms with Gasteiger partial charge >= 0.3 is 0 Å². The third-order valence-electron chi connectivity index (χ3n) is 5.60. The van der Waals surface area contributed by atoms with Crippen molar-refractivity contribution in [1.82, 2.24) is 14.8 Å². The molecule has 0 amide bonds. The van der Waals surface area contributed by atoms with Gasteiger partial charge in [-0.15, -0.1) is 11.3 Å². The van der Waals surface area contributed by atoms with E-state index in [1.165, 1.54) is 0 Å². The van der Waals surface area contributed by atoms with E-state index in [1.54, 1.807) is 11.3 Å². The van der Waals surface area contributed by atoms with Gasteiger partial charge in [0.1, 0.15) is 10.7 Å². The minimum Gasteiger partial charge on any atom is -0.382 e. The number of hydrogen-bond acceptors (Lipinski definition) is 7. The molecule has 1 saturated heterocycles. The summed E-state index contributed by atoms with van der Waals surface area (Å²) in [4.78, 5) is 15.0. The number of aromatic nitrogens is 1. The molecule has 0 aliphatic carbocycles. The number of hydrogen-bond donors (Lipinski definition) is 1. The van der Waals surface area contributed by atoms with Gasteiger partial charge in [-0.25, -0.2) is 9.98 Å². The number of ether oxygens (including phenoxy) is 1. The van der Waals surface area contributed by atoms with Crippen molar-refractivity contribution in [2.45, 2.75) is 39.2 Å². The summed E-state index contributed by atoms with van der Waals surface area (Å²) in [5, 5.41) is 5.84. The van der Waals surface area contributed by atoms with Crippen molar-refractivity contribution >= 4 is 33.5 Å². The van der Waals surface area contributed by atoms with E-state index in [2.05, 4.69) is 61.1 Å². The molecule has 2 aliphatic heterocycles. The maximum atomic E-state index is 5.62. The first-order valence-electron chi connectivity index (χ1n) is 10.6. The van der Waals surface area contributed by atoms with E-state index in [9.17, 15) is 0 Å². The Morgan fingerprint density at radius 2 is 2.10 bits per heavy atom. The van der Waals surface area contributed by atoms with E-state index in [4.69, 9.17) is 14.7 Å². The first-order chi connectivity index (χ1) is 14.1. The summed E-state index contributed by atoms with van der Waals surface area (Å²) in [6, 6.07) is 8.72. The molecule has 4 rings (SSSR count). The number of thiazole rings is 1. The fourth-order valence-corrected chi connectivity index (χ4v) is 4.80. The van der Waals surface area contributed by atoms with Crippen molar-refractivity contribution in [2.24, 2.45) is 4.99 Å². The van der Waals surface area contributed by atoms with Crippen LogP contribution in [0.15, 0.2) is 29.3 Å². The second-order valence-corrected chi connectivity index (χ2v) is 9.06. The third-order valence-corrected chi connectivity index (χ3v) is 6.88.